The number of halogens is 5. The Bertz CT molecular complexity index is 387. The van der Waals surface area contributed by atoms with Crippen molar-refractivity contribution in [2.45, 2.75) is 19.8 Å². The van der Waals surface area contributed by atoms with Crippen LogP contribution in [0.5, 0.6) is 11.5 Å². The quantitative estimate of drug-likeness (QED) is 0.839. The highest BCUT2D eigenvalue weighted by atomic mass is 35.5. The molecule has 1 aromatic carbocycles. The van der Waals surface area contributed by atoms with Gasteiger partial charge < -0.3 is 14.6 Å². The van der Waals surface area contributed by atoms with Crippen molar-refractivity contribution in [2.75, 3.05) is 0 Å². The maximum atomic E-state index is 12.1. The molecule has 1 N–H and O–H groups in total. The molecular weight excluding hydrogens is 268 g/mol. The Morgan fingerprint density at radius 1 is 1.12 bits per heavy atom. The highest BCUT2D eigenvalue weighted by Crippen LogP contribution is 2.36. The average molecular weight is 275 g/mol. The molecule has 0 radical (unpaired) electrons. The van der Waals surface area contributed by atoms with Gasteiger partial charge in [0.1, 0.15) is 0 Å². The molecule has 0 spiro atoms. The molecule has 0 heterocycles. The lowest BCUT2D eigenvalue weighted by molar-refractivity contribution is -0.0700. The van der Waals surface area contributed by atoms with Crippen LogP contribution >= 0.6 is 11.6 Å². The van der Waals surface area contributed by atoms with Gasteiger partial charge in [0.2, 0.25) is 0 Å². The fourth-order valence-corrected chi connectivity index (χ4v) is 1.38. The SMILES string of the molecule is OCc1cc(Cl)cc(OC(F)F)c1OC(F)F. The molecule has 0 bridgehead atoms. The topological polar surface area (TPSA) is 38.7 Å². The standard InChI is InChI=1S/C9H7ClF4O3/c10-5-1-4(3-15)7(17-9(13)14)6(2-5)16-8(11)12/h1-2,8-9,15H,3H2. The first kappa shape index (κ1) is 13.9. The number of hydrogen-bond acceptors (Lipinski definition) is 3. The maximum absolute atomic E-state index is 12.1. The molecule has 0 atom stereocenters. The highest BCUT2D eigenvalue weighted by molar-refractivity contribution is 6.30. The second-order valence-corrected chi connectivity index (χ2v) is 3.24. The Balaban J connectivity index is 3.18. The van der Waals surface area contributed by atoms with Crippen molar-refractivity contribution in [3.8, 4) is 11.5 Å². The molecule has 0 aliphatic carbocycles. The summed E-state index contributed by atoms with van der Waals surface area (Å²) in [4.78, 5) is 0. The summed E-state index contributed by atoms with van der Waals surface area (Å²) in [6.07, 6.45) is 0. The summed E-state index contributed by atoms with van der Waals surface area (Å²) in [7, 11) is 0. The third-order valence-electron chi connectivity index (χ3n) is 1.69. The molecule has 8 heteroatoms. The molecule has 0 saturated carbocycles. The molecular formula is C9H7ClF4O3. The van der Waals surface area contributed by atoms with Gasteiger partial charge >= 0.3 is 13.2 Å². The van der Waals surface area contributed by atoms with Crippen molar-refractivity contribution >= 4 is 11.6 Å². The number of aliphatic hydroxyl groups excluding tert-OH is 1. The zero-order valence-corrected chi connectivity index (χ0v) is 8.93. The molecule has 96 valence electrons. The molecule has 17 heavy (non-hydrogen) atoms. The number of aliphatic hydroxyl groups is 1. The van der Waals surface area contributed by atoms with E-state index in [0.717, 1.165) is 12.1 Å². The zero-order valence-electron chi connectivity index (χ0n) is 8.17. The average Bonchev–Trinajstić information content (AvgIpc) is 2.20. The van der Waals surface area contributed by atoms with Gasteiger partial charge in [-0.1, -0.05) is 11.6 Å². The summed E-state index contributed by atoms with van der Waals surface area (Å²) in [6.45, 7) is -7.16. The van der Waals surface area contributed by atoms with Gasteiger partial charge in [-0.2, -0.15) is 17.6 Å². The number of benzene rings is 1. The van der Waals surface area contributed by atoms with E-state index in [9.17, 15) is 17.6 Å². The van der Waals surface area contributed by atoms with Crippen molar-refractivity contribution in [1.29, 1.82) is 0 Å². The molecule has 0 unspecified atom stereocenters. The third kappa shape index (κ3) is 3.94. The lowest BCUT2D eigenvalue weighted by Gasteiger charge is -2.15. The molecule has 1 aromatic rings. The van der Waals surface area contributed by atoms with Crippen molar-refractivity contribution in [3.05, 3.63) is 22.7 Å². The minimum atomic E-state index is -3.23. The Kier molecular flexibility index (Phi) is 4.83. The first-order chi connectivity index (χ1) is 7.93. The van der Waals surface area contributed by atoms with Crippen molar-refractivity contribution in [3.63, 3.8) is 0 Å². The smallest absolute Gasteiger partial charge is 0.387 e. The van der Waals surface area contributed by atoms with Crippen LogP contribution < -0.4 is 9.47 Å². The molecule has 0 aromatic heterocycles. The van der Waals surface area contributed by atoms with Crippen LogP contribution in [0.4, 0.5) is 17.6 Å². The Hall–Kier alpha value is -1.21. The van der Waals surface area contributed by atoms with Gasteiger partial charge in [-0.25, -0.2) is 0 Å². The first-order valence-electron chi connectivity index (χ1n) is 4.27. The second-order valence-electron chi connectivity index (χ2n) is 2.81. The Morgan fingerprint density at radius 3 is 2.18 bits per heavy atom. The van der Waals surface area contributed by atoms with E-state index in [1.165, 1.54) is 0 Å². The summed E-state index contributed by atoms with van der Waals surface area (Å²) in [5.41, 5.74) is -0.173. The van der Waals surface area contributed by atoms with Crippen LogP contribution in [0.25, 0.3) is 0 Å². The van der Waals surface area contributed by atoms with Crippen molar-refractivity contribution in [1.82, 2.24) is 0 Å². The monoisotopic (exact) mass is 274 g/mol. The van der Waals surface area contributed by atoms with E-state index < -0.39 is 31.3 Å². The van der Waals surface area contributed by atoms with Crippen molar-refractivity contribution < 1.29 is 32.1 Å². The van der Waals surface area contributed by atoms with Crippen LogP contribution in [0.3, 0.4) is 0 Å². The molecule has 0 aliphatic heterocycles. The molecule has 1 rings (SSSR count). The fourth-order valence-electron chi connectivity index (χ4n) is 1.15. The molecule has 0 fully saturated rings. The van der Waals surface area contributed by atoms with Gasteiger partial charge in [-0.15, -0.1) is 0 Å². The summed E-state index contributed by atoms with van der Waals surface area (Å²) in [6, 6.07) is 2.00. The van der Waals surface area contributed by atoms with E-state index in [1.54, 1.807) is 0 Å². The van der Waals surface area contributed by atoms with Gasteiger partial charge in [0.05, 0.1) is 6.61 Å². The number of alkyl halides is 4. The van der Waals surface area contributed by atoms with E-state index in [-0.39, 0.29) is 10.6 Å². The first-order valence-corrected chi connectivity index (χ1v) is 4.64. The minimum Gasteiger partial charge on any atom is -0.431 e. The van der Waals surface area contributed by atoms with Crippen LogP contribution in [-0.2, 0) is 6.61 Å². The number of hydrogen-bond donors (Lipinski definition) is 1. The van der Waals surface area contributed by atoms with E-state index in [4.69, 9.17) is 16.7 Å². The third-order valence-corrected chi connectivity index (χ3v) is 1.91. The van der Waals surface area contributed by atoms with Crippen LogP contribution in [0.2, 0.25) is 5.02 Å². The molecule has 0 aliphatic rings. The normalized spacial score (nSPS) is 11.1. The fraction of sp³-hybridized carbons (Fsp3) is 0.333. The Morgan fingerprint density at radius 2 is 1.71 bits per heavy atom. The largest absolute Gasteiger partial charge is 0.431 e. The van der Waals surface area contributed by atoms with Crippen LogP contribution in [0, 0.1) is 0 Å². The predicted octanol–water partition coefficient (Wildman–Crippen LogP) is 3.04. The Labute approximate surface area is 98.5 Å². The second kappa shape index (κ2) is 5.92. The molecule has 3 nitrogen and oxygen atoms in total. The van der Waals surface area contributed by atoms with Gasteiger partial charge in [-0.05, 0) is 6.07 Å². The van der Waals surface area contributed by atoms with E-state index in [2.05, 4.69) is 9.47 Å². The lowest BCUT2D eigenvalue weighted by Crippen LogP contribution is -2.09. The van der Waals surface area contributed by atoms with Gasteiger partial charge in [0.25, 0.3) is 0 Å². The highest BCUT2D eigenvalue weighted by Gasteiger charge is 2.19. The predicted molar refractivity (Wildman–Crippen MR) is 50.6 cm³/mol. The summed E-state index contributed by atoms with van der Waals surface area (Å²) in [5.74, 6) is -1.32. The zero-order chi connectivity index (χ0) is 13.0. The van der Waals surface area contributed by atoms with Gasteiger partial charge in [0, 0.05) is 16.7 Å². The van der Waals surface area contributed by atoms with E-state index in [0.29, 0.717) is 0 Å². The minimum absolute atomic E-state index is 0.0497. The summed E-state index contributed by atoms with van der Waals surface area (Å²) in [5, 5.41) is 8.84. The molecule has 0 amide bonds. The summed E-state index contributed by atoms with van der Waals surface area (Å²) < 4.78 is 56.2. The van der Waals surface area contributed by atoms with E-state index >= 15 is 0 Å². The maximum Gasteiger partial charge on any atom is 0.387 e. The van der Waals surface area contributed by atoms with E-state index in [1.807, 2.05) is 0 Å². The molecule has 0 saturated heterocycles. The van der Waals surface area contributed by atoms with Gasteiger partial charge in [0.15, 0.2) is 11.5 Å². The number of rotatable bonds is 5. The van der Waals surface area contributed by atoms with Crippen LogP contribution in [0.1, 0.15) is 5.56 Å². The lowest BCUT2D eigenvalue weighted by atomic mass is 10.2. The van der Waals surface area contributed by atoms with Crippen LogP contribution in [0.15, 0.2) is 12.1 Å². The van der Waals surface area contributed by atoms with Crippen LogP contribution in [-0.4, -0.2) is 18.3 Å². The van der Waals surface area contributed by atoms with Crippen molar-refractivity contribution in [2.24, 2.45) is 0 Å². The summed E-state index contributed by atoms with van der Waals surface area (Å²) >= 11 is 5.54. The van der Waals surface area contributed by atoms with Gasteiger partial charge in [-0.3, -0.25) is 0 Å². The number of ether oxygens (including phenoxy) is 2.